The second kappa shape index (κ2) is 6.38. The normalized spacial score (nSPS) is 15.0. The van der Waals surface area contributed by atoms with E-state index in [-0.39, 0.29) is 12.7 Å². The number of rotatable bonds is 3. The molecule has 5 rings (SSSR count). The summed E-state index contributed by atoms with van der Waals surface area (Å²) >= 11 is 1.30. The van der Waals surface area contributed by atoms with Crippen molar-refractivity contribution >= 4 is 33.1 Å². The molecule has 0 saturated carbocycles. The van der Waals surface area contributed by atoms with Gasteiger partial charge in [-0.3, -0.25) is 4.79 Å². The van der Waals surface area contributed by atoms with Crippen LogP contribution in [0.2, 0.25) is 0 Å². The molecule has 8 heteroatoms. The fourth-order valence-corrected chi connectivity index (χ4v) is 4.64. The van der Waals surface area contributed by atoms with Gasteiger partial charge in [0.05, 0.1) is 11.4 Å². The van der Waals surface area contributed by atoms with Crippen LogP contribution in [0.15, 0.2) is 18.2 Å². The first-order valence-electron chi connectivity index (χ1n) is 8.94. The lowest BCUT2D eigenvalue weighted by Crippen LogP contribution is -2.22. The summed E-state index contributed by atoms with van der Waals surface area (Å²) in [5.74, 6) is 1.23. The maximum atomic E-state index is 12.7. The third-order valence-corrected chi connectivity index (χ3v) is 6.11. The zero-order valence-corrected chi connectivity index (χ0v) is 15.4. The number of nitrogens with two attached hydrogens (primary N) is 1. The lowest BCUT2D eigenvalue weighted by atomic mass is 9.94. The standard InChI is InChI=1S/C19H18N4O3S/c20-16-15-11-3-1-2-4-12(11)22-23-19(15)27-17(16)18(24)21-8-10-5-6-13-14(7-10)26-9-25-13/h5-7H,1-4,8-9,20H2,(H,21,24). The Morgan fingerprint density at radius 2 is 2.04 bits per heavy atom. The van der Waals surface area contributed by atoms with Crippen molar-refractivity contribution in [3.63, 3.8) is 0 Å². The van der Waals surface area contributed by atoms with Gasteiger partial charge in [-0.05, 0) is 48.9 Å². The van der Waals surface area contributed by atoms with Gasteiger partial charge in [0.1, 0.15) is 9.71 Å². The quantitative estimate of drug-likeness (QED) is 0.723. The molecule has 0 unspecified atom stereocenters. The molecule has 0 saturated heterocycles. The second-order valence-corrected chi connectivity index (χ2v) is 7.73. The molecule has 0 atom stereocenters. The van der Waals surface area contributed by atoms with Gasteiger partial charge in [-0.25, -0.2) is 0 Å². The highest BCUT2D eigenvalue weighted by Gasteiger charge is 2.23. The summed E-state index contributed by atoms with van der Waals surface area (Å²) in [6, 6.07) is 5.63. The molecular formula is C19H18N4O3S. The first-order chi connectivity index (χ1) is 13.2. The smallest absolute Gasteiger partial charge is 0.263 e. The Kier molecular flexibility index (Phi) is 3.86. The van der Waals surface area contributed by atoms with Gasteiger partial charge in [0.2, 0.25) is 6.79 Å². The molecule has 3 N–H and O–H groups in total. The SMILES string of the molecule is Nc1c(C(=O)NCc2ccc3c(c2)OCO3)sc2nnc3c(c12)CCCC3. The molecule has 3 heterocycles. The number of ether oxygens (including phenoxy) is 2. The van der Waals surface area contributed by atoms with Crippen LogP contribution in [-0.4, -0.2) is 22.9 Å². The van der Waals surface area contributed by atoms with Gasteiger partial charge in [0.25, 0.3) is 5.91 Å². The predicted molar refractivity (Wildman–Crippen MR) is 102 cm³/mol. The van der Waals surface area contributed by atoms with Crippen LogP contribution in [0.5, 0.6) is 11.5 Å². The maximum Gasteiger partial charge on any atom is 0.263 e. The van der Waals surface area contributed by atoms with E-state index < -0.39 is 0 Å². The Labute approximate surface area is 159 Å². The van der Waals surface area contributed by atoms with E-state index in [4.69, 9.17) is 15.2 Å². The van der Waals surface area contributed by atoms with Gasteiger partial charge in [-0.1, -0.05) is 6.07 Å². The monoisotopic (exact) mass is 382 g/mol. The van der Waals surface area contributed by atoms with Gasteiger partial charge in [-0.15, -0.1) is 16.4 Å². The predicted octanol–water partition coefficient (Wildman–Crippen LogP) is 2.81. The molecule has 0 bridgehead atoms. The third kappa shape index (κ3) is 2.76. The Hall–Kier alpha value is -2.87. The van der Waals surface area contributed by atoms with E-state index in [1.54, 1.807) is 0 Å². The van der Waals surface area contributed by atoms with Crippen molar-refractivity contribution in [2.24, 2.45) is 0 Å². The number of aromatic nitrogens is 2. The minimum atomic E-state index is -0.197. The van der Waals surface area contributed by atoms with Crippen molar-refractivity contribution < 1.29 is 14.3 Å². The van der Waals surface area contributed by atoms with Crippen LogP contribution in [0.1, 0.15) is 39.3 Å². The van der Waals surface area contributed by atoms with Crippen LogP contribution in [0.25, 0.3) is 10.2 Å². The summed E-state index contributed by atoms with van der Waals surface area (Å²) in [6.45, 7) is 0.613. The molecule has 1 amide bonds. The number of nitrogens with one attached hydrogen (secondary N) is 1. The van der Waals surface area contributed by atoms with Crippen molar-refractivity contribution in [1.29, 1.82) is 0 Å². The van der Waals surface area contributed by atoms with Crippen LogP contribution in [0.4, 0.5) is 5.69 Å². The van der Waals surface area contributed by atoms with E-state index in [0.29, 0.717) is 22.9 Å². The van der Waals surface area contributed by atoms with E-state index in [1.165, 1.54) is 11.3 Å². The summed E-state index contributed by atoms with van der Waals surface area (Å²) in [6.07, 6.45) is 4.12. The fourth-order valence-electron chi connectivity index (χ4n) is 3.65. The average Bonchev–Trinajstić information content (AvgIpc) is 3.30. The first-order valence-corrected chi connectivity index (χ1v) is 9.75. The molecule has 0 radical (unpaired) electrons. The fraction of sp³-hybridized carbons (Fsp3) is 0.316. The molecule has 27 heavy (non-hydrogen) atoms. The number of carbonyl (C=O) groups is 1. The van der Waals surface area contributed by atoms with Gasteiger partial charge >= 0.3 is 0 Å². The van der Waals surface area contributed by atoms with Crippen LogP contribution in [-0.2, 0) is 19.4 Å². The number of fused-ring (bicyclic) bond motifs is 4. The largest absolute Gasteiger partial charge is 0.454 e. The number of aryl methyl sites for hydroxylation is 2. The van der Waals surface area contributed by atoms with Crippen molar-refractivity contribution in [3.8, 4) is 11.5 Å². The summed E-state index contributed by atoms with van der Waals surface area (Å²) < 4.78 is 10.7. The lowest BCUT2D eigenvalue weighted by Gasteiger charge is -2.14. The number of amides is 1. The molecule has 138 valence electrons. The summed E-state index contributed by atoms with van der Waals surface area (Å²) in [5, 5.41) is 12.5. The molecule has 0 spiro atoms. The maximum absolute atomic E-state index is 12.7. The average molecular weight is 382 g/mol. The van der Waals surface area contributed by atoms with E-state index in [1.807, 2.05) is 18.2 Å². The number of anilines is 1. The van der Waals surface area contributed by atoms with Crippen molar-refractivity contribution in [2.45, 2.75) is 32.2 Å². The number of hydrogen-bond acceptors (Lipinski definition) is 7. The van der Waals surface area contributed by atoms with Crippen molar-refractivity contribution in [1.82, 2.24) is 15.5 Å². The van der Waals surface area contributed by atoms with Crippen LogP contribution >= 0.6 is 11.3 Å². The number of thiophene rings is 1. The molecule has 1 aliphatic heterocycles. The zero-order valence-electron chi connectivity index (χ0n) is 14.6. The van der Waals surface area contributed by atoms with Crippen LogP contribution in [0.3, 0.4) is 0 Å². The highest BCUT2D eigenvalue weighted by Crippen LogP contribution is 2.37. The summed E-state index contributed by atoms with van der Waals surface area (Å²) in [4.78, 5) is 14.0. The van der Waals surface area contributed by atoms with Gasteiger partial charge in [0, 0.05) is 11.9 Å². The van der Waals surface area contributed by atoms with E-state index in [9.17, 15) is 4.79 Å². The second-order valence-electron chi connectivity index (χ2n) is 6.73. The molecule has 0 fully saturated rings. The summed E-state index contributed by atoms with van der Waals surface area (Å²) in [7, 11) is 0. The Bertz CT molecular complexity index is 1060. The number of carbonyl (C=O) groups excluding carboxylic acids is 1. The minimum absolute atomic E-state index is 0.197. The molecule has 7 nitrogen and oxygen atoms in total. The Morgan fingerprint density at radius 1 is 1.19 bits per heavy atom. The van der Waals surface area contributed by atoms with E-state index >= 15 is 0 Å². The molecular weight excluding hydrogens is 364 g/mol. The number of hydrogen-bond donors (Lipinski definition) is 2. The van der Waals surface area contributed by atoms with Crippen LogP contribution < -0.4 is 20.5 Å². The molecule has 2 aromatic heterocycles. The van der Waals surface area contributed by atoms with Gasteiger partial charge in [-0.2, -0.15) is 5.10 Å². The Morgan fingerprint density at radius 3 is 2.96 bits per heavy atom. The summed E-state index contributed by atoms with van der Waals surface area (Å²) in [5.41, 5.74) is 9.99. The molecule has 1 aliphatic carbocycles. The van der Waals surface area contributed by atoms with Gasteiger partial charge in [0.15, 0.2) is 11.5 Å². The highest BCUT2D eigenvalue weighted by molar-refractivity contribution is 7.21. The highest BCUT2D eigenvalue weighted by atomic mass is 32.1. The van der Waals surface area contributed by atoms with E-state index in [0.717, 1.165) is 58.5 Å². The Balaban J connectivity index is 1.40. The first kappa shape index (κ1) is 16.3. The van der Waals surface area contributed by atoms with Crippen molar-refractivity contribution in [2.75, 3.05) is 12.5 Å². The van der Waals surface area contributed by atoms with Crippen molar-refractivity contribution in [3.05, 3.63) is 39.9 Å². The van der Waals surface area contributed by atoms with Gasteiger partial charge < -0.3 is 20.5 Å². The topological polar surface area (TPSA) is 99.4 Å². The number of nitrogens with zero attached hydrogens (tertiary/aromatic N) is 2. The molecule has 1 aromatic carbocycles. The number of nitrogen functional groups attached to an aromatic ring is 1. The lowest BCUT2D eigenvalue weighted by molar-refractivity contribution is 0.0955. The zero-order chi connectivity index (χ0) is 18.4. The van der Waals surface area contributed by atoms with E-state index in [2.05, 4.69) is 15.5 Å². The third-order valence-electron chi connectivity index (χ3n) is 5.02. The minimum Gasteiger partial charge on any atom is -0.454 e. The number of benzene rings is 1. The van der Waals surface area contributed by atoms with Crippen LogP contribution in [0, 0.1) is 0 Å². The molecule has 3 aromatic rings. The molecule has 2 aliphatic rings.